The Morgan fingerprint density at radius 1 is 0.939 bits per heavy atom. The molecule has 1 heterocycles. The highest BCUT2D eigenvalue weighted by Gasteiger charge is 2.44. The van der Waals surface area contributed by atoms with Crippen molar-refractivity contribution in [3.05, 3.63) is 95.6 Å². The van der Waals surface area contributed by atoms with Crippen LogP contribution in [-0.2, 0) is 10.3 Å². The van der Waals surface area contributed by atoms with Crippen LogP contribution in [0.25, 0.3) is 0 Å². The van der Waals surface area contributed by atoms with Crippen molar-refractivity contribution in [1.29, 1.82) is 0 Å². The van der Waals surface area contributed by atoms with Gasteiger partial charge in [-0.25, -0.2) is 0 Å². The van der Waals surface area contributed by atoms with E-state index in [-0.39, 0.29) is 5.92 Å². The van der Waals surface area contributed by atoms with E-state index in [1.807, 2.05) is 73.7 Å². The molecule has 1 saturated heterocycles. The monoisotopic (exact) mass is 447 g/mol. The number of morpholine rings is 1. The molecule has 0 bridgehead atoms. The Kier molecular flexibility index (Phi) is 7.65. The summed E-state index contributed by atoms with van der Waals surface area (Å²) in [6.45, 7) is 6.35. The summed E-state index contributed by atoms with van der Waals surface area (Å²) >= 11 is 0. The van der Waals surface area contributed by atoms with Crippen molar-refractivity contribution in [1.82, 2.24) is 4.90 Å². The first kappa shape index (κ1) is 23.3. The van der Waals surface area contributed by atoms with Gasteiger partial charge >= 0.3 is 0 Å². The van der Waals surface area contributed by atoms with E-state index in [2.05, 4.69) is 17.0 Å². The molecular formula is C28H33NO4. The number of hydrogen-bond donors (Lipinski definition) is 1. The quantitative estimate of drug-likeness (QED) is 0.525. The van der Waals surface area contributed by atoms with Gasteiger partial charge in [-0.1, -0.05) is 60.7 Å². The zero-order valence-electron chi connectivity index (χ0n) is 19.4. The molecule has 1 aliphatic rings. The maximum absolute atomic E-state index is 12.8. The largest absolute Gasteiger partial charge is 0.496 e. The molecule has 5 heteroatoms. The molecule has 0 spiro atoms. The minimum atomic E-state index is -1.32. The van der Waals surface area contributed by atoms with Crippen LogP contribution in [0.15, 0.2) is 78.9 Å². The number of ether oxygens (including phenoxy) is 3. The van der Waals surface area contributed by atoms with E-state index in [1.165, 1.54) is 0 Å². The van der Waals surface area contributed by atoms with Gasteiger partial charge in [0.05, 0.1) is 26.9 Å². The molecular weight excluding hydrogens is 414 g/mol. The summed E-state index contributed by atoms with van der Waals surface area (Å²) in [6.07, 6.45) is 0. The maximum atomic E-state index is 12.8. The molecule has 0 unspecified atom stereocenters. The minimum Gasteiger partial charge on any atom is -0.496 e. The lowest BCUT2D eigenvalue weighted by Gasteiger charge is -2.41. The Bertz CT molecular complexity index is 1000. The van der Waals surface area contributed by atoms with Gasteiger partial charge < -0.3 is 19.3 Å². The standard InChI is InChI=1S/C28H33NO4/c1-3-33-24-15-13-23(14-16-24)28(30,25-11-7-8-12-27(25)31-2)26(22-9-5-4-6-10-22)21-29-17-19-32-20-18-29/h4-16,26,30H,3,17-21H2,1-2H3/t26-,28+/m0/s1. The molecule has 1 N–H and O–H groups in total. The molecule has 2 atom stereocenters. The smallest absolute Gasteiger partial charge is 0.126 e. The van der Waals surface area contributed by atoms with Crippen LogP contribution in [0.5, 0.6) is 11.5 Å². The molecule has 1 aliphatic heterocycles. The van der Waals surface area contributed by atoms with Gasteiger partial charge in [0.2, 0.25) is 0 Å². The first-order valence-corrected chi connectivity index (χ1v) is 11.6. The van der Waals surface area contributed by atoms with E-state index >= 15 is 0 Å². The number of hydrogen-bond acceptors (Lipinski definition) is 5. The van der Waals surface area contributed by atoms with Crippen LogP contribution < -0.4 is 9.47 Å². The summed E-state index contributed by atoms with van der Waals surface area (Å²) in [5.74, 6) is 1.22. The third kappa shape index (κ3) is 5.06. The van der Waals surface area contributed by atoms with Gasteiger partial charge in [0, 0.05) is 31.1 Å². The number of rotatable bonds is 9. The molecule has 0 aromatic heterocycles. The van der Waals surface area contributed by atoms with Gasteiger partial charge in [-0.15, -0.1) is 0 Å². The highest BCUT2D eigenvalue weighted by molar-refractivity contribution is 5.49. The van der Waals surface area contributed by atoms with Crippen molar-refractivity contribution < 1.29 is 19.3 Å². The van der Waals surface area contributed by atoms with E-state index in [4.69, 9.17) is 14.2 Å². The fourth-order valence-electron chi connectivity index (χ4n) is 4.68. The molecule has 0 saturated carbocycles. The van der Waals surface area contributed by atoms with Crippen molar-refractivity contribution in [2.75, 3.05) is 46.6 Å². The van der Waals surface area contributed by atoms with Gasteiger partial charge in [0.15, 0.2) is 0 Å². The molecule has 3 aromatic carbocycles. The predicted octanol–water partition coefficient (Wildman–Crippen LogP) is 4.45. The zero-order chi connectivity index (χ0) is 23.1. The highest BCUT2D eigenvalue weighted by Crippen LogP contribution is 2.46. The molecule has 3 aromatic rings. The highest BCUT2D eigenvalue weighted by atomic mass is 16.5. The lowest BCUT2D eigenvalue weighted by atomic mass is 9.72. The lowest BCUT2D eigenvalue weighted by molar-refractivity contribution is -0.000152. The van der Waals surface area contributed by atoms with E-state index in [0.717, 1.165) is 35.5 Å². The van der Waals surface area contributed by atoms with Crippen molar-refractivity contribution in [3.8, 4) is 11.5 Å². The average molecular weight is 448 g/mol. The number of nitrogens with zero attached hydrogens (tertiary/aromatic N) is 1. The van der Waals surface area contributed by atoms with Crippen LogP contribution in [0.2, 0.25) is 0 Å². The normalized spacial score (nSPS) is 17.2. The zero-order valence-corrected chi connectivity index (χ0v) is 19.4. The van der Waals surface area contributed by atoms with E-state index in [1.54, 1.807) is 7.11 Å². The van der Waals surface area contributed by atoms with Crippen molar-refractivity contribution in [2.45, 2.75) is 18.4 Å². The van der Waals surface area contributed by atoms with Gasteiger partial charge in [-0.2, -0.15) is 0 Å². The summed E-state index contributed by atoms with van der Waals surface area (Å²) in [4.78, 5) is 2.37. The van der Waals surface area contributed by atoms with Crippen LogP contribution in [0, 0.1) is 0 Å². The molecule has 0 radical (unpaired) electrons. The van der Waals surface area contributed by atoms with Crippen LogP contribution in [0.1, 0.15) is 29.5 Å². The van der Waals surface area contributed by atoms with E-state index in [0.29, 0.717) is 32.1 Å². The Morgan fingerprint density at radius 3 is 2.27 bits per heavy atom. The summed E-state index contributed by atoms with van der Waals surface area (Å²) in [6, 6.07) is 25.8. The molecule has 174 valence electrons. The SMILES string of the molecule is CCOc1ccc([C@@](O)(c2ccccc2OC)[C@@H](CN2CCOCC2)c2ccccc2)cc1. The summed E-state index contributed by atoms with van der Waals surface area (Å²) in [5, 5.41) is 12.8. The Hall–Kier alpha value is -2.86. The topological polar surface area (TPSA) is 51.2 Å². The van der Waals surface area contributed by atoms with Crippen LogP contribution in [0.4, 0.5) is 0 Å². The first-order chi connectivity index (χ1) is 16.2. The molecule has 4 rings (SSSR count). The fraction of sp³-hybridized carbons (Fsp3) is 0.357. The molecule has 33 heavy (non-hydrogen) atoms. The summed E-state index contributed by atoms with van der Waals surface area (Å²) < 4.78 is 17.0. The summed E-state index contributed by atoms with van der Waals surface area (Å²) in [7, 11) is 1.65. The third-order valence-electron chi connectivity index (χ3n) is 6.37. The van der Waals surface area contributed by atoms with Gasteiger partial charge in [-0.05, 0) is 36.2 Å². The lowest BCUT2D eigenvalue weighted by Crippen LogP contribution is -2.45. The van der Waals surface area contributed by atoms with Crippen LogP contribution in [-0.4, -0.2) is 56.6 Å². The van der Waals surface area contributed by atoms with Gasteiger partial charge in [0.1, 0.15) is 17.1 Å². The predicted molar refractivity (Wildman–Crippen MR) is 130 cm³/mol. The number of benzene rings is 3. The van der Waals surface area contributed by atoms with Crippen LogP contribution in [0.3, 0.4) is 0 Å². The molecule has 5 nitrogen and oxygen atoms in total. The van der Waals surface area contributed by atoms with Crippen molar-refractivity contribution >= 4 is 0 Å². The average Bonchev–Trinajstić information content (AvgIpc) is 2.88. The Morgan fingerprint density at radius 2 is 1.61 bits per heavy atom. The Balaban J connectivity index is 1.87. The van der Waals surface area contributed by atoms with Crippen LogP contribution >= 0.6 is 0 Å². The second-order valence-electron chi connectivity index (χ2n) is 8.30. The van der Waals surface area contributed by atoms with Gasteiger partial charge in [0.25, 0.3) is 0 Å². The second kappa shape index (κ2) is 10.8. The molecule has 0 aliphatic carbocycles. The van der Waals surface area contributed by atoms with E-state index in [9.17, 15) is 5.11 Å². The Labute approximate surface area is 196 Å². The number of para-hydroxylation sites is 1. The molecule has 0 amide bonds. The minimum absolute atomic E-state index is 0.231. The number of methoxy groups -OCH3 is 1. The number of aliphatic hydroxyl groups is 1. The van der Waals surface area contributed by atoms with Gasteiger partial charge in [-0.3, -0.25) is 4.90 Å². The maximum Gasteiger partial charge on any atom is 0.126 e. The van der Waals surface area contributed by atoms with Crippen molar-refractivity contribution in [2.24, 2.45) is 0 Å². The fourth-order valence-corrected chi connectivity index (χ4v) is 4.68. The van der Waals surface area contributed by atoms with E-state index < -0.39 is 5.60 Å². The summed E-state index contributed by atoms with van der Waals surface area (Å²) in [5.41, 5.74) is 1.31. The van der Waals surface area contributed by atoms with Crippen molar-refractivity contribution in [3.63, 3.8) is 0 Å². The second-order valence-corrected chi connectivity index (χ2v) is 8.30. The molecule has 1 fully saturated rings. The first-order valence-electron chi connectivity index (χ1n) is 11.6. The third-order valence-corrected chi connectivity index (χ3v) is 6.37.